The van der Waals surface area contributed by atoms with Crippen molar-refractivity contribution in [3.63, 3.8) is 0 Å². The van der Waals surface area contributed by atoms with E-state index < -0.39 is 22.3 Å². The van der Waals surface area contributed by atoms with Gasteiger partial charge in [0.25, 0.3) is 0 Å². The second kappa shape index (κ2) is 7.70. The van der Waals surface area contributed by atoms with Crippen molar-refractivity contribution in [2.75, 3.05) is 7.11 Å². The van der Waals surface area contributed by atoms with E-state index in [2.05, 4.69) is 0 Å². The maximum Gasteiger partial charge on any atom is 0.315 e. The number of aromatic hydroxyl groups is 1. The molecular formula is C21H17NO5. The number of nitrogens with zero attached hydrogens (tertiary/aromatic N) is 1. The minimum atomic E-state index is -0.741. The minimum Gasteiger partial charge on any atom is -0.500 e. The highest BCUT2D eigenvalue weighted by Gasteiger charge is 2.28. The molecule has 3 aromatic rings. The van der Waals surface area contributed by atoms with Crippen LogP contribution < -0.4 is 4.74 Å². The molecule has 0 atom stereocenters. The third kappa shape index (κ3) is 3.64. The number of ketones is 1. The topological polar surface area (TPSA) is 89.7 Å². The van der Waals surface area contributed by atoms with Crippen LogP contribution in [-0.2, 0) is 0 Å². The van der Waals surface area contributed by atoms with Crippen LogP contribution in [0.25, 0.3) is 0 Å². The van der Waals surface area contributed by atoms with E-state index in [4.69, 9.17) is 4.74 Å². The van der Waals surface area contributed by atoms with Crippen molar-refractivity contribution in [2.24, 2.45) is 0 Å². The summed E-state index contributed by atoms with van der Waals surface area (Å²) in [5, 5.41) is 21.2. The van der Waals surface area contributed by atoms with Gasteiger partial charge in [-0.05, 0) is 17.2 Å². The number of hydrogen-bond acceptors (Lipinski definition) is 5. The van der Waals surface area contributed by atoms with Crippen LogP contribution in [0.5, 0.6) is 11.5 Å². The van der Waals surface area contributed by atoms with Gasteiger partial charge >= 0.3 is 5.69 Å². The van der Waals surface area contributed by atoms with Gasteiger partial charge in [0.05, 0.1) is 18.0 Å². The number of benzene rings is 3. The first-order valence-corrected chi connectivity index (χ1v) is 8.22. The Balaban J connectivity index is 2.16. The van der Waals surface area contributed by atoms with Crippen molar-refractivity contribution in [3.05, 3.63) is 99.6 Å². The van der Waals surface area contributed by atoms with Crippen molar-refractivity contribution in [1.29, 1.82) is 0 Å². The van der Waals surface area contributed by atoms with Crippen molar-refractivity contribution in [3.8, 4) is 11.5 Å². The molecule has 0 saturated heterocycles. The molecule has 3 aromatic carbocycles. The van der Waals surface area contributed by atoms with Crippen LogP contribution >= 0.6 is 0 Å². The monoisotopic (exact) mass is 363 g/mol. The maximum atomic E-state index is 13.3. The van der Waals surface area contributed by atoms with E-state index in [0.717, 1.165) is 17.2 Å². The van der Waals surface area contributed by atoms with Crippen LogP contribution in [-0.4, -0.2) is 22.9 Å². The Morgan fingerprint density at radius 2 is 1.52 bits per heavy atom. The number of carbonyl (C=O) groups is 1. The molecule has 0 amide bonds. The number of phenols is 1. The van der Waals surface area contributed by atoms with E-state index in [9.17, 15) is 20.0 Å². The van der Waals surface area contributed by atoms with E-state index >= 15 is 0 Å². The molecule has 6 nitrogen and oxygen atoms in total. The normalized spacial score (nSPS) is 10.6. The Morgan fingerprint density at radius 3 is 1.96 bits per heavy atom. The fraction of sp³-hybridized carbons (Fsp3) is 0.0952. The van der Waals surface area contributed by atoms with Gasteiger partial charge in [0.1, 0.15) is 0 Å². The van der Waals surface area contributed by atoms with Crippen LogP contribution in [0, 0.1) is 10.1 Å². The predicted octanol–water partition coefficient (Wildman–Crippen LogP) is 4.32. The maximum absolute atomic E-state index is 13.3. The van der Waals surface area contributed by atoms with Crippen LogP contribution in [0.1, 0.15) is 27.4 Å². The number of rotatable bonds is 6. The third-order valence-electron chi connectivity index (χ3n) is 4.28. The van der Waals surface area contributed by atoms with E-state index in [-0.39, 0.29) is 17.1 Å². The SMILES string of the molecule is COc1cc(C(=O)C(c2ccccc2)c2ccccc2)cc([N+](=O)[O-])c1O. The van der Waals surface area contributed by atoms with Crippen LogP contribution in [0.15, 0.2) is 72.8 Å². The smallest absolute Gasteiger partial charge is 0.315 e. The van der Waals surface area contributed by atoms with Gasteiger partial charge in [0.2, 0.25) is 5.75 Å². The lowest BCUT2D eigenvalue weighted by atomic mass is 9.84. The fourth-order valence-electron chi connectivity index (χ4n) is 2.98. The van der Waals surface area contributed by atoms with Crippen molar-refractivity contribution in [2.45, 2.75) is 5.92 Å². The molecule has 0 radical (unpaired) electrons. The van der Waals surface area contributed by atoms with Gasteiger partial charge in [-0.1, -0.05) is 60.7 Å². The lowest BCUT2D eigenvalue weighted by Gasteiger charge is -2.17. The summed E-state index contributed by atoms with van der Waals surface area (Å²) in [6, 6.07) is 20.8. The van der Waals surface area contributed by atoms with E-state index in [1.807, 2.05) is 60.7 Å². The summed E-state index contributed by atoms with van der Waals surface area (Å²) in [5.41, 5.74) is 1.05. The molecule has 0 fully saturated rings. The first-order chi connectivity index (χ1) is 13.0. The molecule has 0 aliphatic heterocycles. The summed E-state index contributed by atoms with van der Waals surface area (Å²) in [5.74, 6) is -1.68. The highest BCUT2D eigenvalue weighted by atomic mass is 16.6. The number of carbonyl (C=O) groups excluding carboxylic acids is 1. The molecule has 0 aromatic heterocycles. The molecule has 0 aliphatic carbocycles. The molecule has 0 unspecified atom stereocenters. The highest BCUT2D eigenvalue weighted by Crippen LogP contribution is 2.39. The Bertz CT molecular complexity index is 931. The second-order valence-corrected chi connectivity index (χ2v) is 5.92. The van der Waals surface area contributed by atoms with Crippen molar-refractivity contribution in [1.82, 2.24) is 0 Å². The Kier molecular flexibility index (Phi) is 5.17. The first-order valence-electron chi connectivity index (χ1n) is 8.22. The van der Waals surface area contributed by atoms with E-state index in [0.29, 0.717) is 0 Å². The molecular weight excluding hydrogens is 346 g/mol. The van der Waals surface area contributed by atoms with Gasteiger partial charge in [0, 0.05) is 11.6 Å². The highest BCUT2D eigenvalue weighted by molar-refractivity contribution is 6.04. The second-order valence-electron chi connectivity index (χ2n) is 5.92. The standard InChI is InChI=1S/C21H17NO5/c1-27-18-13-16(12-17(21(18)24)22(25)26)20(23)19(14-8-4-2-5-9-14)15-10-6-3-7-11-15/h2-13,19,24H,1H3. The predicted molar refractivity (Wildman–Crippen MR) is 100 cm³/mol. The average Bonchev–Trinajstić information content (AvgIpc) is 2.69. The lowest BCUT2D eigenvalue weighted by Crippen LogP contribution is -2.15. The molecule has 0 aliphatic rings. The number of phenolic OH excluding ortho intramolecular Hbond substituents is 1. The summed E-state index contributed by atoms with van der Waals surface area (Å²) >= 11 is 0. The quantitative estimate of drug-likeness (QED) is 0.400. The number of methoxy groups -OCH3 is 1. The number of hydrogen-bond donors (Lipinski definition) is 1. The Hall–Kier alpha value is -3.67. The summed E-state index contributed by atoms with van der Waals surface area (Å²) in [7, 11) is 1.28. The van der Waals surface area contributed by atoms with E-state index in [1.54, 1.807) is 0 Å². The molecule has 0 spiro atoms. The minimum absolute atomic E-state index is 0.0917. The van der Waals surface area contributed by atoms with E-state index in [1.165, 1.54) is 13.2 Å². The number of nitro groups is 1. The zero-order valence-corrected chi connectivity index (χ0v) is 14.5. The zero-order valence-electron chi connectivity index (χ0n) is 14.5. The molecule has 0 saturated carbocycles. The summed E-state index contributed by atoms with van der Waals surface area (Å²) in [4.78, 5) is 23.9. The number of nitro benzene ring substituents is 1. The molecule has 1 N–H and O–H groups in total. The van der Waals surface area contributed by atoms with Gasteiger partial charge in [-0.3, -0.25) is 14.9 Å². The zero-order chi connectivity index (χ0) is 19.4. The molecule has 6 heteroatoms. The van der Waals surface area contributed by atoms with Crippen molar-refractivity contribution >= 4 is 11.5 Å². The van der Waals surface area contributed by atoms with Gasteiger partial charge in [-0.2, -0.15) is 0 Å². The summed E-state index contributed by atoms with van der Waals surface area (Å²) in [6.07, 6.45) is 0. The average molecular weight is 363 g/mol. The third-order valence-corrected chi connectivity index (χ3v) is 4.28. The first kappa shape index (κ1) is 18.1. The lowest BCUT2D eigenvalue weighted by molar-refractivity contribution is -0.386. The summed E-state index contributed by atoms with van der Waals surface area (Å²) in [6.45, 7) is 0. The molecule has 0 heterocycles. The van der Waals surface area contributed by atoms with Gasteiger partial charge < -0.3 is 9.84 Å². The van der Waals surface area contributed by atoms with Gasteiger partial charge in [0.15, 0.2) is 11.5 Å². The summed E-state index contributed by atoms with van der Waals surface area (Å²) < 4.78 is 5.01. The van der Waals surface area contributed by atoms with Crippen LogP contribution in [0.4, 0.5) is 5.69 Å². The van der Waals surface area contributed by atoms with Gasteiger partial charge in [-0.25, -0.2) is 0 Å². The molecule has 136 valence electrons. The Morgan fingerprint density at radius 1 is 1.00 bits per heavy atom. The van der Waals surface area contributed by atoms with Crippen LogP contribution in [0.3, 0.4) is 0 Å². The number of Topliss-reactive ketones (excluding diaryl/α,β-unsaturated/α-hetero) is 1. The van der Waals surface area contributed by atoms with Gasteiger partial charge in [-0.15, -0.1) is 0 Å². The fourth-order valence-corrected chi connectivity index (χ4v) is 2.98. The van der Waals surface area contributed by atoms with Crippen LogP contribution in [0.2, 0.25) is 0 Å². The molecule has 0 bridgehead atoms. The Labute approximate surface area is 155 Å². The number of ether oxygens (including phenoxy) is 1. The largest absolute Gasteiger partial charge is 0.500 e. The molecule has 27 heavy (non-hydrogen) atoms. The molecule has 3 rings (SSSR count). The van der Waals surface area contributed by atoms with Crippen molar-refractivity contribution < 1.29 is 19.6 Å².